The maximum atomic E-state index is 12.4. The number of carbonyl (C=O) groups is 1. The summed E-state index contributed by atoms with van der Waals surface area (Å²) >= 11 is 0. The van der Waals surface area contributed by atoms with E-state index in [1.807, 2.05) is 24.0 Å². The van der Waals surface area contributed by atoms with Gasteiger partial charge in [-0.1, -0.05) is 19.3 Å². The van der Waals surface area contributed by atoms with Crippen molar-refractivity contribution in [1.82, 2.24) is 15.1 Å². The third-order valence-electron chi connectivity index (χ3n) is 5.04. The van der Waals surface area contributed by atoms with Gasteiger partial charge in [0.05, 0.1) is 5.69 Å². The van der Waals surface area contributed by atoms with E-state index in [9.17, 15) is 4.79 Å². The minimum absolute atomic E-state index is 0.144. The molecule has 1 saturated heterocycles. The van der Waals surface area contributed by atoms with Crippen molar-refractivity contribution in [2.75, 3.05) is 13.1 Å². The van der Waals surface area contributed by atoms with Crippen molar-refractivity contribution in [2.45, 2.75) is 64.4 Å². The Morgan fingerprint density at radius 3 is 2.52 bits per heavy atom. The summed E-state index contributed by atoms with van der Waals surface area (Å²) in [5.74, 6) is 1.54. The van der Waals surface area contributed by atoms with Crippen LogP contribution in [0.15, 0.2) is 12.1 Å². The SMILES string of the molecule is Cc1ccc(OC2CCN(C(=O)CC3CCCCC3)CC2)nn1. The van der Waals surface area contributed by atoms with Crippen molar-refractivity contribution < 1.29 is 9.53 Å². The summed E-state index contributed by atoms with van der Waals surface area (Å²) in [5, 5.41) is 8.06. The van der Waals surface area contributed by atoms with Crippen molar-refractivity contribution in [1.29, 1.82) is 0 Å². The van der Waals surface area contributed by atoms with Crippen LogP contribution in [0, 0.1) is 12.8 Å². The zero-order valence-electron chi connectivity index (χ0n) is 14.0. The van der Waals surface area contributed by atoms with E-state index in [0.29, 0.717) is 17.7 Å². The Hall–Kier alpha value is -1.65. The number of piperidine rings is 1. The van der Waals surface area contributed by atoms with E-state index in [1.165, 1.54) is 32.1 Å². The first-order valence-electron chi connectivity index (χ1n) is 8.95. The quantitative estimate of drug-likeness (QED) is 0.856. The fourth-order valence-corrected chi connectivity index (χ4v) is 3.61. The number of ether oxygens (including phenoxy) is 1. The van der Waals surface area contributed by atoms with Crippen LogP contribution in [0.25, 0.3) is 0 Å². The standard InChI is InChI=1S/C18H27N3O2/c1-14-7-8-17(20-19-14)23-16-9-11-21(12-10-16)18(22)13-15-5-3-2-4-6-15/h7-8,15-16H,2-6,9-13H2,1H3. The molecule has 0 unspecified atom stereocenters. The van der Waals surface area contributed by atoms with E-state index in [4.69, 9.17) is 4.74 Å². The molecule has 1 aliphatic heterocycles. The molecule has 2 heterocycles. The van der Waals surface area contributed by atoms with Crippen LogP contribution in [0.2, 0.25) is 0 Å². The van der Waals surface area contributed by atoms with Crippen LogP contribution in [0.1, 0.15) is 57.1 Å². The molecule has 1 aliphatic carbocycles. The number of likely N-dealkylation sites (tertiary alicyclic amines) is 1. The van der Waals surface area contributed by atoms with Gasteiger partial charge in [0, 0.05) is 38.4 Å². The van der Waals surface area contributed by atoms with E-state index in [0.717, 1.165) is 38.0 Å². The average molecular weight is 317 g/mol. The molecule has 0 spiro atoms. The second-order valence-electron chi connectivity index (χ2n) is 6.92. The zero-order valence-corrected chi connectivity index (χ0v) is 14.0. The third-order valence-corrected chi connectivity index (χ3v) is 5.04. The highest BCUT2D eigenvalue weighted by Crippen LogP contribution is 2.27. The van der Waals surface area contributed by atoms with Crippen molar-refractivity contribution in [3.05, 3.63) is 17.8 Å². The molecule has 2 aliphatic rings. The second kappa shape index (κ2) is 7.75. The molecule has 0 aromatic carbocycles. The number of rotatable bonds is 4. The Morgan fingerprint density at radius 1 is 1.13 bits per heavy atom. The number of hydrogen-bond donors (Lipinski definition) is 0. The normalized spacial score (nSPS) is 20.5. The van der Waals surface area contributed by atoms with Gasteiger partial charge in [0.25, 0.3) is 0 Å². The Kier molecular flexibility index (Phi) is 5.47. The monoisotopic (exact) mass is 317 g/mol. The van der Waals surface area contributed by atoms with Gasteiger partial charge in [0.1, 0.15) is 6.10 Å². The fraction of sp³-hybridized carbons (Fsp3) is 0.722. The van der Waals surface area contributed by atoms with Crippen LogP contribution in [0.3, 0.4) is 0 Å². The van der Waals surface area contributed by atoms with Crippen LogP contribution < -0.4 is 4.74 Å². The molecule has 1 amide bonds. The fourth-order valence-electron chi connectivity index (χ4n) is 3.61. The first-order chi connectivity index (χ1) is 11.2. The number of amides is 1. The summed E-state index contributed by atoms with van der Waals surface area (Å²) in [6.45, 7) is 3.51. The molecule has 5 nitrogen and oxygen atoms in total. The van der Waals surface area contributed by atoms with E-state index >= 15 is 0 Å². The minimum atomic E-state index is 0.144. The molecule has 0 atom stereocenters. The number of carbonyl (C=O) groups excluding carboxylic acids is 1. The number of hydrogen-bond acceptors (Lipinski definition) is 4. The van der Waals surface area contributed by atoms with Gasteiger partial charge in [-0.15, -0.1) is 5.10 Å². The number of aromatic nitrogens is 2. The molecular formula is C18H27N3O2. The number of aryl methyl sites for hydroxylation is 1. The van der Waals surface area contributed by atoms with Crippen LogP contribution in [-0.4, -0.2) is 40.2 Å². The molecule has 0 N–H and O–H groups in total. The molecule has 0 radical (unpaired) electrons. The highest BCUT2D eigenvalue weighted by atomic mass is 16.5. The van der Waals surface area contributed by atoms with Crippen molar-refractivity contribution in [2.24, 2.45) is 5.92 Å². The molecule has 1 saturated carbocycles. The maximum absolute atomic E-state index is 12.4. The van der Waals surface area contributed by atoms with Crippen LogP contribution in [-0.2, 0) is 4.79 Å². The lowest BCUT2D eigenvalue weighted by molar-refractivity contribution is -0.134. The topological polar surface area (TPSA) is 55.3 Å². The summed E-state index contributed by atoms with van der Waals surface area (Å²) in [7, 11) is 0. The van der Waals surface area contributed by atoms with Crippen molar-refractivity contribution >= 4 is 5.91 Å². The Labute approximate surface area is 138 Å². The maximum Gasteiger partial charge on any atom is 0.233 e. The Morgan fingerprint density at radius 2 is 1.87 bits per heavy atom. The molecule has 2 fully saturated rings. The van der Waals surface area contributed by atoms with Crippen LogP contribution in [0.5, 0.6) is 5.88 Å². The first-order valence-corrected chi connectivity index (χ1v) is 8.95. The van der Waals surface area contributed by atoms with Gasteiger partial charge in [-0.2, -0.15) is 5.10 Å². The lowest BCUT2D eigenvalue weighted by Crippen LogP contribution is -2.42. The lowest BCUT2D eigenvalue weighted by atomic mass is 9.86. The molecule has 126 valence electrons. The van der Waals surface area contributed by atoms with Crippen LogP contribution in [0.4, 0.5) is 0 Å². The predicted octanol–water partition coefficient (Wildman–Crippen LogP) is 3.13. The summed E-state index contributed by atoms with van der Waals surface area (Å²) in [4.78, 5) is 14.5. The average Bonchev–Trinajstić information content (AvgIpc) is 2.58. The van der Waals surface area contributed by atoms with Crippen LogP contribution >= 0.6 is 0 Å². The minimum Gasteiger partial charge on any atom is -0.473 e. The first kappa shape index (κ1) is 16.2. The van der Waals surface area contributed by atoms with Gasteiger partial charge < -0.3 is 9.64 Å². The summed E-state index contributed by atoms with van der Waals surface area (Å²) < 4.78 is 5.88. The Bertz CT molecular complexity index is 504. The van der Waals surface area contributed by atoms with E-state index < -0.39 is 0 Å². The highest BCUT2D eigenvalue weighted by molar-refractivity contribution is 5.76. The molecule has 3 rings (SSSR count). The van der Waals surface area contributed by atoms with E-state index in [2.05, 4.69) is 10.2 Å². The van der Waals surface area contributed by atoms with E-state index in [-0.39, 0.29) is 6.10 Å². The molecule has 1 aromatic rings. The molecule has 23 heavy (non-hydrogen) atoms. The zero-order chi connectivity index (χ0) is 16.1. The smallest absolute Gasteiger partial charge is 0.233 e. The lowest BCUT2D eigenvalue weighted by Gasteiger charge is -2.33. The molecule has 5 heteroatoms. The number of nitrogens with zero attached hydrogens (tertiary/aromatic N) is 3. The van der Waals surface area contributed by atoms with Gasteiger partial charge in [0.15, 0.2) is 0 Å². The highest BCUT2D eigenvalue weighted by Gasteiger charge is 2.26. The predicted molar refractivity (Wildman–Crippen MR) is 88.2 cm³/mol. The molecular weight excluding hydrogens is 290 g/mol. The summed E-state index contributed by atoms with van der Waals surface area (Å²) in [6, 6.07) is 3.77. The van der Waals surface area contributed by atoms with Gasteiger partial charge >= 0.3 is 0 Å². The van der Waals surface area contributed by atoms with Gasteiger partial charge in [0.2, 0.25) is 11.8 Å². The van der Waals surface area contributed by atoms with Gasteiger partial charge in [-0.05, 0) is 31.7 Å². The Balaban J connectivity index is 1.42. The molecule has 1 aromatic heterocycles. The van der Waals surface area contributed by atoms with E-state index in [1.54, 1.807) is 0 Å². The van der Waals surface area contributed by atoms with Gasteiger partial charge in [-0.25, -0.2) is 0 Å². The van der Waals surface area contributed by atoms with Crippen molar-refractivity contribution in [3.8, 4) is 5.88 Å². The second-order valence-corrected chi connectivity index (χ2v) is 6.92. The summed E-state index contributed by atoms with van der Waals surface area (Å²) in [5.41, 5.74) is 0.889. The largest absolute Gasteiger partial charge is 0.473 e. The van der Waals surface area contributed by atoms with Crippen molar-refractivity contribution in [3.63, 3.8) is 0 Å². The van der Waals surface area contributed by atoms with Gasteiger partial charge in [-0.3, -0.25) is 4.79 Å². The molecule has 0 bridgehead atoms. The third kappa shape index (κ3) is 4.66. The summed E-state index contributed by atoms with van der Waals surface area (Å²) in [6.07, 6.45) is 9.05.